The molecule has 0 spiro atoms. The molecule has 1 aliphatic heterocycles. The van der Waals surface area contributed by atoms with Crippen molar-refractivity contribution < 1.29 is 9.53 Å². The minimum atomic E-state index is -0.196. The number of nitrogens with zero attached hydrogens (tertiary/aromatic N) is 3. The van der Waals surface area contributed by atoms with Crippen LogP contribution in [0.3, 0.4) is 0 Å². The maximum absolute atomic E-state index is 12.3. The molecule has 0 saturated carbocycles. The number of hydrogen-bond acceptors (Lipinski definition) is 5. The third-order valence-corrected chi connectivity index (χ3v) is 4.38. The first-order valence-corrected chi connectivity index (χ1v) is 8.35. The molecule has 4 rings (SSSR count). The minimum absolute atomic E-state index is 0.0527. The van der Waals surface area contributed by atoms with E-state index in [4.69, 9.17) is 33.7 Å². The summed E-state index contributed by atoms with van der Waals surface area (Å²) in [6.07, 6.45) is 2.24. The highest BCUT2D eigenvalue weighted by Crippen LogP contribution is 2.40. The lowest BCUT2D eigenvalue weighted by Crippen LogP contribution is -2.25. The van der Waals surface area contributed by atoms with E-state index in [1.54, 1.807) is 24.4 Å². The van der Waals surface area contributed by atoms with Gasteiger partial charge in [-0.15, -0.1) is 5.10 Å². The smallest absolute Gasteiger partial charge is 0.252 e. The Kier molecular flexibility index (Phi) is 3.89. The van der Waals surface area contributed by atoms with Gasteiger partial charge in [0.1, 0.15) is 11.4 Å². The van der Waals surface area contributed by atoms with Crippen LogP contribution in [0, 0.1) is 0 Å². The number of fused-ring (bicyclic) bond motifs is 3. The third kappa shape index (κ3) is 2.85. The van der Waals surface area contributed by atoms with Crippen LogP contribution < -0.4 is 15.8 Å². The predicted molar refractivity (Wildman–Crippen MR) is 95.3 cm³/mol. The molecule has 0 unspecified atom stereocenters. The van der Waals surface area contributed by atoms with Gasteiger partial charge in [-0.05, 0) is 24.6 Å². The van der Waals surface area contributed by atoms with Gasteiger partial charge < -0.3 is 15.8 Å². The van der Waals surface area contributed by atoms with Gasteiger partial charge in [-0.2, -0.15) is 0 Å². The third-order valence-electron chi connectivity index (χ3n) is 3.86. The van der Waals surface area contributed by atoms with Crippen molar-refractivity contribution in [3.05, 3.63) is 40.0 Å². The fraction of sp³-hybridized carbons (Fsp3) is 0.188. The number of carbonyl (C=O) groups excluding carboxylic acids is 1. The number of halogens is 2. The van der Waals surface area contributed by atoms with Crippen LogP contribution in [-0.2, 0) is 0 Å². The van der Waals surface area contributed by atoms with Crippen LogP contribution in [-0.4, -0.2) is 33.7 Å². The molecule has 2 aromatic heterocycles. The van der Waals surface area contributed by atoms with Crippen LogP contribution in [0.4, 0.5) is 5.95 Å². The monoisotopic (exact) mass is 377 g/mol. The molecule has 0 atom stereocenters. The van der Waals surface area contributed by atoms with Gasteiger partial charge in [0, 0.05) is 17.8 Å². The largest absolute Gasteiger partial charge is 0.493 e. The highest BCUT2D eigenvalue weighted by Gasteiger charge is 2.21. The SMILES string of the molecule is Nc1nc2c3cc(cn3n1)C(=O)NCCCOc1cc(Cl)cc(Cl)c1-2. The number of hydrogen-bond donors (Lipinski definition) is 2. The highest BCUT2D eigenvalue weighted by atomic mass is 35.5. The van der Waals surface area contributed by atoms with Gasteiger partial charge in [-0.25, -0.2) is 9.50 Å². The van der Waals surface area contributed by atoms with E-state index < -0.39 is 0 Å². The van der Waals surface area contributed by atoms with Crippen molar-refractivity contribution in [2.45, 2.75) is 6.42 Å². The van der Waals surface area contributed by atoms with Gasteiger partial charge in [0.2, 0.25) is 5.95 Å². The summed E-state index contributed by atoms with van der Waals surface area (Å²) in [4.78, 5) is 16.6. The summed E-state index contributed by atoms with van der Waals surface area (Å²) in [5.41, 5.74) is 7.94. The Bertz CT molecular complexity index is 1000. The van der Waals surface area contributed by atoms with E-state index >= 15 is 0 Å². The fourth-order valence-electron chi connectivity index (χ4n) is 2.78. The zero-order valence-corrected chi connectivity index (χ0v) is 14.4. The molecule has 3 N–H and O–H groups in total. The molecule has 1 aromatic carbocycles. The number of anilines is 1. The summed E-state index contributed by atoms with van der Waals surface area (Å²) in [6, 6.07) is 4.99. The lowest BCUT2D eigenvalue weighted by Gasteiger charge is -2.15. The molecule has 0 saturated heterocycles. The fourth-order valence-corrected chi connectivity index (χ4v) is 3.34. The van der Waals surface area contributed by atoms with Gasteiger partial charge >= 0.3 is 0 Å². The van der Waals surface area contributed by atoms with Crippen LogP contribution in [0.5, 0.6) is 5.75 Å². The molecular weight excluding hydrogens is 365 g/mol. The maximum atomic E-state index is 12.3. The van der Waals surface area contributed by atoms with E-state index in [-0.39, 0.29) is 11.9 Å². The Labute approximate surface area is 152 Å². The van der Waals surface area contributed by atoms with Crippen LogP contribution in [0.25, 0.3) is 16.8 Å². The Morgan fingerprint density at radius 2 is 2.12 bits per heavy atom. The lowest BCUT2D eigenvalue weighted by atomic mass is 10.1. The second-order valence-electron chi connectivity index (χ2n) is 5.60. The Balaban J connectivity index is 2.06. The summed E-state index contributed by atoms with van der Waals surface area (Å²) in [5, 5.41) is 7.81. The van der Waals surface area contributed by atoms with Gasteiger partial charge in [0.25, 0.3) is 5.91 Å². The van der Waals surface area contributed by atoms with Crippen molar-refractivity contribution in [2.75, 3.05) is 18.9 Å². The van der Waals surface area contributed by atoms with Crippen molar-refractivity contribution in [1.29, 1.82) is 0 Å². The quantitative estimate of drug-likeness (QED) is 0.627. The number of nitrogens with one attached hydrogen (secondary N) is 1. The number of benzene rings is 1. The molecule has 9 heteroatoms. The van der Waals surface area contributed by atoms with Crippen molar-refractivity contribution in [3.8, 4) is 17.0 Å². The normalized spacial score (nSPS) is 14.4. The van der Waals surface area contributed by atoms with Gasteiger partial charge in [0.05, 0.1) is 28.3 Å². The molecule has 2 bridgehead atoms. The second kappa shape index (κ2) is 6.09. The van der Waals surface area contributed by atoms with E-state index in [0.717, 1.165) is 0 Å². The van der Waals surface area contributed by atoms with Crippen molar-refractivity contribution in [1.82, 2.24) is 19.9 Å². The van der Waals surface area contributed by atoms with Crippen molar-refractivity contribution in [2.24, 2.45) is 0 Å². The average Bonchev–Trinajstić information content (AvgIpc) is 2.96. The molecule has 3 aromatic rings. The number of carbonyl (C=O) groups is 1. The van der Waals surface area contributed by atoms with Crippen molar-refractivity contribution in [3.63, 3.8) is 0 Å². The lowest BCUT2D eigenvalue weighted by molar-refractivity contribution is 0.0951. The first kappa shape index (κ1) is 16.0. The zero-order chi connectivity index (χ0) is 17.6. The second-order valence-corrected chi connectivity index (χ2v) is 6.44. The Morgan fingerprint density at radius 1 is 1.28 bits per heavy atom. The molecule has 25 heavy (non-hydrogen) atoms. The van der Waals surface area contributed by atoms with E-state index in [1.807, 2.05) is 0 Å². The van der Waals surface area contributed by atoms with Crippen molar-refractivity contribution >= 4 is 40.6 Å². The molecular formula is C16H13Cl2N5O2. The first-order valence-electron chi connectivity index (χ1n) is 7.59. The molecule has 1 aliphatic rings. The molecule has 0 radical (unpaired) electrons. The molecule has 7 nitrogen and oxygen atoms in total. The molecule has 3 heterocycles. The maximum Gasteiger partial charge on any atom is 0.252 e. The molecule has 0 fully saturated rings. The minimum Gasteiger partial charge on any atom is -0.493 e. The molecule has 128 valence electrons. The van der Waals surface area contributed by atoms with Crippen LogP contribution in [0.2, 0.25) is 10.0 Å². The van der Waals surface area contributed by atoms with E-state index in [1.165, 1.54) is 4.52 Å². The van der Waals surface area contributed by atoms with E-state index in [9.17, 15) is 4.79 Å². The summed E-state index contributed by atoms with van der Waals surface area (Å²) in [7, 11) is 0. The first-order chi connectivity index (χ1) is 12.0. The highest BCUT2D eigenvalue weighted by molar-refractivity contribution is 6.37. The topological polar surface area (TPSA) is 94.5 Å². The zero-order valence-electron chi connectivity index (χ0n) is 12.9. The molecule has 0 aliphatic carbocycles. The standard InChI is InChI=1S/C16H13Cl2N5O2/c17-9-5-10(18)13-12(6-9)25-3-1-2-20-15(24)8-4-11-14(13)21-16(19)22-23(11)7-8/h4-7H,1-3H2,(H2,19,22)(H,20,24). The predicted octanol–water partition coefficient (Wildman–Crippen LogP) is 2.80. The summed E-state index contributed by atoms with van der Waals surface area (Å²) < 4.78 is 7.36. The average molecular weight is 378 g/mol. The van der Waals surface area contributed by atoms with Gasteiger partial charge in [0.15, 0.2) is 0 Å². The number of rotatable bonds is 0. The van der Waals surface area contributed by atoms with Crippen LogP contribution in [0.1, 0.15) is 16.8 Å². The van der Waals surface area contributed by atoms with Gasteiger partial charge in [-0.1, -0.05) is 23.2 Å². The Morgan fingerprint density at radius 3 is 2.96 bits per heavy atom. The summed E-state index contributed by atoms with van der Waals surface area (Å²) in [5.74, 6) is 0.363. The Hall–Kier alpha value is -2.51. The number of amides is 1. The number of ether oxygens (including phenoxy) is 1. The number of nitrogen functional groups attached to an aromatic ring is 1. The van der Waals surface area contributed by atoms with Crippen LogP contribution >= 0.6 is 23.2 Å². The van der Waals surface area contributed by atoms with Crippen LogP contribution in [0.15, 0.2) is 24.4 Å². The van der Waals surface area contributed by atoms with E-state index in [0.29, 0.717) is 57.7 Å². The van der Waals surface area contributed by atoms with E-state index in [2.05, 4.69) is 15.4 Å². The van der Waals surface area contributed by atoms with Gasteiger partial charge in [-0.3, -0.25) is 4.79 Å². The number of aromatic nitrogens is 3. The molecule has 1 amide bonds. The summed E-state index contributed by atoms with van der Waals surface area (Å²) >= 11 is 12.6. The summed E-state index contributed by atoms with van der Waals surface area (Å²) in [6.45, 7) is 0.873. The number of nitrogens with two attached hydrogens (primary N) is 1.